The second-order valence-electron chi connectivity index (χ2n) is 3.28. The van der Waals surface area contributed by atoms with E-state index in [-0.39, 0.29) is 0 Å². The number of H-pyrrole nitrogens is 1. The predicted molar refractivity (Wildman–Crippen MR) is 59.3 cm³/mol. The Morgan fingerprint density at radius 1 is 1.25 bits per heavy atom. The Kier molecular flexibility index (Phi) is 1.79. The summed E-state index contributed by atoms with van der Waals surface area (Å²) >= 11 is 0. The van der Waals surface area contributed by atoms with Crippen LogP contribution in [0.4, 0.5) is 5.82 Å². The van der Waals surface area contributed by atoms with Gasteiger partial charge in [0.05, 0.1) is 6.33 Å². The maximum absolute atomic E-state index is 5.80. The first-order valence-electron chi connectivity index (χ1n) is 4.71. The minimum absolute atomic E-state index is 0.390. The first kappa shape index (κ1) is 8.78. The van der Waals surface area contributed by atoms with Crippen LogP contribution in [0.2, 0.25) is 0 Å². The van der Waals surface area contributed by atoms with Gasteiger partial charge in [-0.25, -0.2) is 15.0 Å². The molecule has 0 atom stereocenters. The Balaban J connectivity index is 2.25. The predicted octanol–water partition coefficient (Wildman–Crippen LogP) is 0.997. The Morgan fingerprint density at radius 2 is 2.19 bits per heavy atom. The van der Waals surface area contributed by atoms with Crippen molar-refractivity contribution < 1.29 is 0 Å². The van der Waals surface area contributed by atoms with E-state index in [2.05, 4.69) is 24.9 Å². The van der Waals surface area contributed by atoms with E-state index < -0.39 is 0 Å². The number of nitrogens with zero attached hydrogens (tertiary/aromatic N) is 4. The molecule has 0 amide bonds. The average Bonchev–Trinajstić information content (AvgIpc) is 2.79. The van der Waals surface area contributed by atoms with Crippen LogP contribution in [0, 0.1) is 0 Å². The Hall–Kier alpha value is -2.50. The highest BCUT2D eigenvalue weighted by molar-refractivity contribution is 5.82. The van der Waals surface area contributed by atoms with Gasteiger partial charge in [-0.1, -0.05) is 0 Å². The molecule has 6 nitrogen and oxygen atoms in total. The normalized spacial score (nSPS) is 10.8. The molecule has 0 unspecified atom stereocenters. The molecule has 0 aliphatic rings. The number of nitrogens with two attached hydrogens (primary N) is 1. The van der Waals surface area contributed by atoms with E-state index in [1.165, 1.54) is 0 Å². The lowest BCUT2D eigenvalue weighted by atomic mass is 10.2. The van der Waals surface area contributed by atoms with Crippen molar-refractivity contribution in [2.45, 2.75) is 0 Å². The van der Waals surface area contributed by atoms with Gasteiger partial charge in [-0.15, -0.1) is 0 Å². The van der Waals surface area contributed by atoms with Crippen molar-refractivity contribution in [2.24, 2.45) is 0 Å². The smallest absolute Gasteiger partial charge is 0.183 e. The summed E-state index contributed by atoms with van der Waals surface area (Å²) in [5, 5.41) is 0. The molecule has 0 saturated carbocycles. The van der Waals surface area contributed by atoms with Crippen LogP contribution in [0.5, 0.6) is 0 Å². The SMILES string of the molecule is Nc1nc(-c2cccnc2)nc2nc[nH]c12. The maximum atomic E-state index is 5.80. The number of imidazole rings is 1. The van der Waals surface area contributed by atoms with Gasteiger partial charge in [0.25, 0.3) is 0 Å². The van der Waals surface area contributed by atoms with Gasteiger partial charge in [0.1, 0.15) is 5.52 Å². The molecule has 0 spiro atoms. The molecule has 3 aromatic heterocycles. The summed E-state index contributed by atoms with van der Waals surface area (Å²) in [6.45, 7) is 0. The molecular weight excluding hydrogens is 204 g/mol. The minimum atomic E-state index is 0.390. The van der Waals surface area contributed by atoms with Crippen molar-refractivity contribution in [3.63, 3.8) is 0 Å². The van der Waals surface area contributed by atoms with Crippen molar-refractivity contribution in [3.8, 4) is 11.4 Å². The number of fused-ring (bicyclic) bond motifs is 1. The lowest BCUT2D eigenvalue weighted by molar-refractivity contribution is 1.20. The first-order valence-corrected chi connectivity index (χ1v) is 4.71. The zero-order chi connectivity index (χ0) is 11.0. The van der Waals surface area contributed by atoms with E-state index >= 15 is 0 Å². The number of anilines is 1. The summed E-state index contributed by atoms with van der Waals surface area (Å²) in [6, 6.07) is 3.70. The summed E-state index contributed by atoms with van der Waals surface area (Å²) in [5.41, 5.74) is 7.84. The fraction of sp³-hybridized carbons (Fsp3) is 0. The molecule has 0 radical (unpaired) electrons. The molecule has 0 aromatic carbocycles. The number of hydrogen-bond donors (Lipinski definition) is 2. The summed E-state index contributed by atoms with van der Waals surface area (Å²) in [4.78, 5) is 19.4. The molecule has 78 valence electrons. The fourth-order valence-corrected chi connectivity index (χ4v) is 1.48. The molecule has 3 heterocycles. The molecule has 0 fully saturated rings. The summed E-state index contributed by atoms with van der Waals surface area (Å²) in [6.07, 6.45) is 4.93. The highest BCUT2D eigenvalue weighted by atomic mass is 15.0. The lowest BCUT2D eigenvalue weighted by Gasteiger charge is -2.00. The monoisotopic (exact) mass is 212 g/mol. The summed E-state index contributed by atoms with van der Waals surface area (Å²) < 4.78 is 0. The van der Waals surface area contributed by atoms with Crippen molar-refractivity contribution in [2.75, 3.05) is 5.73 Å². The van der Waals surface area contributed by atoms with Crippen molar-refractivity contribution in [1.82, 2.24) is 24.9 Å². The van der Waals surface area contributed by atoms with Gasteiger partial charge < -0.3 is 10.7 Å². The standard InChI is InChI=1S/C10H8N6/c11-8-7-10(14-5-13-7)16-9(15-8)6-2-1-3-12-4-6/h1-5H,(H3,11,13,14,15,16). The highest BCUT2D eigenvalue weighted by Gasteiger charge is 2.08. The zero-order valence-corrected chi connectivity index (χ0v) is 8.25. The van der Waals surface area contributed by atoms with E-state index in [0.29, 0.717) is 22.8 Å². The Morgan fingerprint density at radius 3 is 3.00 bits per heavy atom. The molecular formula is C10H8N6. The van der Waals surface area contributed by atoms with Gasteiger partial charge in [-0.05, 0) is 12.1 Å². The molecule has 0 bridgehead atoms. The van der Waals surface area contributed by atoms with Crippen LogP contribution in [0.1, 0.15) is 0 Å². The average molecular weight is 212 g/mol. The largest absolute Gasteiger partial charge is 0.382 e. The Bertz CT molecular complexity index is 630. The van der Waals surface area contributed by atoms with Crippen LogP contribution >= 0.6 is 0 Å². The number of nitrogens with one attached hydrogen (secondary N) is 1. The van der Waals surface area contributed by atoms with E-state index in [4.69, 9.17) is 5.73 Å². The van der Waals surface area contributed by atoms with Gasteiger partial charge in [0.15, 0.2) is 17.3 Å². The summed E-state index contributed by atoms with van der Waals surface area (Å²) in [5.74, 6) is 0.923. The van der Waals surface area contributed by atoms with Crippen LogP contribution in [0.25, 0.3) is 22.6 Å². The molecule has 3 rings (SSSR count). The van der Waals surface area contributed by atoms with Crippen LogP contribution in [-0.2, 0) is 0 Å². The van der Waals surface area contributed by atoms with Gasteiger partial charge >= 0.3 is 0 Å². The second kappa shape index (κ2) is 3.27. The quantitative estimate of drug-likeness (QED) is 0.627. The van der Waals surface area contributed by atoms with E-state index in [1.54, 1.807) is 18.7 Å². The summed E-state index contributed by atoms with van der Waals surface area (Å²) in [7, 11) is 0. The number of aromatic amines is 1. The topological polar surface area (TPSA) is 93.4 Å². The molecule has 0 aliphatic heterocycles. The van der Waals surface area contributed by atoms with Crippen LogP contribution in [-0.4, -0.2) is 24.9 Å². The minimum Gasteiger partial charge on any atom is -0.382 e. The van der Waals surface area contributed by atoms with E-state index in [1.807, 2.05) is 12.1 Å². The van der Waals surface area contributed by atoms with Crippen molar-refractivity contribution in [1.29, 1.82) is 0 Å². The van der Waals surface area contributed by atoms with Crippen molar-refractivity contribution in [3.05, 3.63) is 30.9 Å². The second-order valence-corrected chi connectivity index (χ2v) is 3.28. The molecule has 0 aliphatic carbocycles. The van der Waals surface area contributed by atoms with E-state index in [9.17, 15) is 0 Å². The highest BCUT2D eigenvalue weighted by Crippen LogP contribution is 2.19. The number of hydrogen-bond acceptors (Lipinski definition) is 5. The van der Waals surface area contributed by atoms with Crippen LogP contribution in [0.15, 0.2) is 30.9 Å². The molecule has 6 heteroatoms. The zero-order valence-electron chi connectivity index (χ0n) is 8.25. The van der Waals surface area contributed by atoms with Gasteiger partial charge in [0, 0.05) is 18.0 Å². The number of rotatable bonds is 1. The van der Waals surface area contributed by atoms with Crippen LogP contribution in [0.3, 0.4) is 0 Å². The molecule has 3 N–H and O–H groups in total. The van der Waals surface area contributed by atoms with E-state index in [0.717, 1.165) is 5.56 Å². The van der Waals surface area contributed by atoms with Crippen LogP contribution < -0.4 is 5.73 Å². The fourth-order valence-electron chi connectivity index (χ4n) is 1.48. The van der Waals surface area contributed by atoms with Crippen molar-refractivity contribution >= 4 is 17.0 Å². The third-order valence-electron chi connectivity index (χ3n) is 2.23. The molecule has 0 saturated heterocycles. The number of nitrogen functional groups attached to an aromatic ring is 1. The first-order chi connectivity index (χ1) is 7.84. The molecule has 16 heavy (non-hydrogen) atoms. The maximum Gasteiger partial charge on any atom is 0.183 e. The van der Waals surface area contributed by atoms with Gasteiger partial charge in [-0.2, -0.15) is 0 Å². The third-order valence-corrected chi connectivity index (χ3v) is 2.23. The van der Waals surface area contributed by atoms with Gasteiger partial charge in [-0.3, -0.25) is 4.98 Å². The number of aromatic nitrogens is 5. The Labute approximate surface area is 90.6 Å². The third kappa shape index (κ3) is 1.28. The molecule has 3 aromatic rings. The lowest BCUT2D eigenvalue weighted by Crippen LogP contribution is -1.97. The number of pyridine rings is 1. The van der Waals surface area contributed by atoms with Gasteiger partial charge in [0.2, 0.25) is 0 Å².